The molecule has 1 aliphatic rings. The van der Waals surface area contributed by atoms with Crippen LogP contribution in [0.15, 0.2) is 0 Å². The van der Waals surface area contributed by atoms with Crippen LogP contribution in [0.4, 0.5) is 0 Å². The summed E-state index contributed by atoms with van der Waals surface area (Å²) in [6.07, 6.45) is 3.58. The summed E-state index contributed by atoms with van der Waals surface area (Å²) < 4.78 is 0. The first-order valence-electron chi connectivity index (χ1n) is 6.85. The molecule has 3 unspecified atom stereocenters. The molecule has 1 nitrogen and oxygen atoms in total. The summed E-state index contributed by atoms with van der Waals surface area (Å²) in [5.41, 5.74) is 0.400. The van der Waals surface area contributed by atoms with Crippen LogP contribution in [0, 0.1) is 34.5 Å². The maximum absolute atomic E-state index is 9.25. The van der Waals surface area contributed by atoms with Crippen molar-refractivity contribution in [2.75, 3.05) is 5.75 Å². The van der Waals surface area contributed by atoms with Crippen molar-refractivity contribution in [3.8, 4) is 6.07 Å². The highest BCUT2D eigenvalue weighted by Gasteiger charge is 2.36. The maximum atomic E-state index is 9.25. The third-order valence-corrected chi connectivity index (χ3v) is 5.63. The van der Waals surface area contributed by atoms with Crippen molar-refractivity contribution in [1.82, 2.24) is 0 Å². The highest BCUT2D eigenvalue weighted by atomic mass is 32.2. The van der Waals surface area contributed by atoms with Gasteiger partial charge in [0.25, 0.3) is 0 Å². The molecule has 1 aliphatic carbocycles. The van der Waals surface area contributed by atoms with E-state index >= 15 is 0 Å². The van der Waals surface area contributed by atoms with E-state index in [4.69, 9.17) is 0 Å². The molecule has 0 saturated heterocycles. The minimum atomic E-state index is 0.289. The molecule has 0 radical (unpaired) electrons. The molecule has 98 valence electrons. The summed E-state index contributed by atoms with van der Waals surface area (Å²) in [7, 11) is 0. The summed E-state index contributed by atoms with van der Waals surface area (Å²) in [5, 5.41) is 9.82. The van der Waals surface area contributed by atoms with Crippen molar-refractivity contribution in [3.05, 3.63) is 0 Å². The monoisotopic (exact) mass is 253 g/mol. The third kappa shape index (κ3) is 4.54. The quantitative estimate of drug-likeness (QED) is 0.726. The molecule has 0 aromatic heterocycles. The van der Waals surface area contributed by atoms with Gasteiger partial charge >= 0.3 is 0 Å². The molecule has 0 aliphatic heterocycles. The summed E-state index contributed by atoms with van der Waals surface area (Å²) in [6, 6.07) is 2.53. The van der Waals surface area contributed by atoms with Gasteiger partial charge in [0.2, 0.25) is 0 Å². The minimum absolute atomic E-state index is 0.289. The molecule has 0 heterocycles. The van der Waals surface area contributed by atoms with Crippen molar-refractivity contribution in [3.63, 3.8) is 0 Å². The lowest BCUT2D eigenvalue weighted by molar-refractivity contribution is 0.169. The fourth-order valence-electron chi connectivity index (χ4n) is 2.56. The maximum Gasteiger partial charge on any atom is 0.0667 e. The van der Waals surface area contributed by atoms with Crippen LogP contribution in [-0.2, 0) is 0 Å². The Hall–Kier alpha value is -0.160. The van der Waals surface area contributed by atoms with Gasteiger partial charge in [-0.15, -0.1) is 0 Å². The van der Waals surface area contributed by atoms with E-state index < -0.39 is 0 Å². The van der Waals surface area contributed by atoms with Crippen molar-refractivity contribution in [2.24, 2.45) is 23.2 Å². The minimum Gasteiger partial charge on any atom is -0.198 e. The lowest BCUT2D eigenvalue weighted by Crippen LogP contribution is -2.33. The van der Waals surface area contributed by atoms with E-state index in [1.54, 1.807) is 0 Å². The van der Waals surface area contributed by atoms with Crippen LogP contribution in [0.3, 0.4) is 0 Å². The van der Waals surface area contributed by atoms with Gasteiger partial charge < -0.3 is 0 Å². The normalized spacial score (nSPS) is 30.3. The van der Waals surface area contributed by atoms with Gasteiger partial charge in [-0.1, -0.05) is 34.6 Å². The van der Waals surface area contributed by atoms with Crippen molar-refractivity contribution in [2.45, 2.75) is 59.1 Å². The molecule has 1 rings (SSSR count). The van der Waals surface area contributed by atoms with Gasteiger partial charge in [0.1, 0.15) is 0 Å². The van der Waals surface area contributed by atoms with E-state index in [1.807, 2.05) is 11.8 Å². The second-order valence-corrected chi connectivity index (χ2v) is 8.15. The molecule has 1 saturated carbocycles. The van der Waals surface area contributed by atoms with E-state index in [9.17, 15) is 5.26 Å². The fraction of sp³-hybridized carbons (Fsp3) is 0.933. The lowest BCUT2D eigenvalue weighted by atomic mass is 9.70. The Morgan fingerprint density at radius 2 is 1.94 bits per heavy atom. The number of rotatable bonds is 3. The molecular weight excluding hydrogens is 226 g/mol. The Morgan fingerprint density at radius 3 is 2.41 bits per heavy atom. The average Bonchev–Trinajstić information content (AvgIpc) is 2.24. The summed E-state index contributed by atoms with van der Waals surface area (Å²) >= 11 is 2.04. The first-order chi connectivity index (χ1) is 7.84. The smallest absolute Gasteiger partial charge is 0.0667 e. The summed E-state index contributed by atoms with van der Waals surface area (Å²) in [4.78, 5) is 0. The van der Waals surface area contributed by atoms with Gasteiger partial charge in [0.05, 0.1) is 12.0 Å². The lowest BCUT2D eigenvalue weighted by Gasteiger charge is -2.39. The first-order valence-corrected chi connectivity index (χ1v) is 7.90. The number of nitrogens with zero attached hydrogens (tertiary/aromatic N) is 1. The van der Waals surface area contributed by atoms with Gasteiger partial charge in [0, 0.05) is 5.25 Å². The number of thioether (sulfide) groups is 1. The van der Waals surface area contributed by atoms with Crippen molar-refractivity contribution < 1.29 is 0 Å². The van der Waals surface area contributed by atoms with E-state index in [2.05, 4.69) is 40.7 Å². The Bertz CT molecular complexity index is 272. The van der Waals surface area contributed by atoms with Crippen molar-refractivity contribution in [1.29, 1.82) is 5.26 Å². The molecule has 0 aromatic rings. The zero-order valence-corrected chi connectivity index (χ0v) is 12.8. The van der Waals surface area contributed by atoms with Crippen LogP contribution in [0.5, 0.6) is 0 Å². The molecule has 0 spiro atoms. The fourth-order valence-corrected chi connectivity index (χ4v) is 3.99. The zero-order chi connectivity index (χ0) is 13.1. The Labute approximate surface area is 111 Å². The van der Waals surface area contributed by atoms with Crippen LogP contribution in [-0.4, -0.2) is 11.0 Å². The second-order valence-electron chi connectivity index (χ2n) is 6.88. The van der Waals surface area contributed by atoms with E-state index in [0.29, 0.717) is 10.7 Å². The second kappa shape index (κ2) is 6.14. The van der Waals surface area contributed by atoms with Gasteiger partial charge in [-0.25, -0.2) is 0 Å². The van der Waals surface area contributed by atoms with Crippen LogP contribution < -0.4 is 0 Å². The zero-order valence-electron chi connectivity index (χ0n) is 12.0. The van der Waals surface area contributed by atoms with Gasteiger partial charge in [-0.2, -0.15) is 17.0 Å². The molecule has 0 aromatic carbocycles. The molecular formula is C15H27NS. The van der Waals surface area contributed by atoms with Crippen LogP contribution in [0.2, 0.25) is 0 Å². The SMILES string of the molecule is CC(C)CSC1CC(C(C)(C)C)CCC1C#N. The summed E-state index contributed by atoms with van der Waals surface area (Å²) in [5.74, 6) is 3.00. The standard InChI is InChI=1S/C15H27NS/c1-11(2)10-17-14-8-13(15(3,4)5)7-6-12(14)9-16/h11-14H,6-8,10H2,1-5H3. The molecule has 1 fully saturated rings. The van der Waals surface area contributed by atoms with Gasteiger partial charge in [-0.3, -0.25) is 0 Å². The topological polar surface area (TPSA) is 23.8 Å². The predicted octanol–water partition coefficient (Wildman–Crippen LogP) is 4.73. The largest absolute Gasteiger partial charge is 0.198 e. The highest BCUT2D eigenvalue weighted by molar-refractivity contribution is 7.99. The molecule has 0 bridgehead atoms. The third-order valence-electron chi connectivity index (χ3n) is 3.83. The molecule has 0 amide bonds. The van der Waals surface area contributed by atoms with Gasteiger partial charge in [0.15, 0.2) is 0 Å². The average molecular weight is 253 g/mol. The van der Waals surface area contributed by atoms with E-state index in [-0.39, 0.29) is 5.92 Å². The number of hydrogen-bond donors (Lipinski definition) is 0. The Kier molecular flexibility index (Phi) is 5.38. The molecule has 3 atom stereocenters. The molecule has 17 heavy (non-hydrogen) atoms. The number of hydrogen-bond acceptors (Lipinski definition) is 2. The van der Waals surface area contributed by atoms with E-state index in [0.717, 1.165) is 18.3 Å². The highest BCUT2D eigenvalue weighted by Crippen LogP contribution is 2.44. The Morgan fingerprint density at radius 1 is 1.29 bits per heavy atom. The van der Waals surface area contributed by atoms with Crippen LogP contribution >= 0.6 is 11.8 Å². The molecule has 0 N–H and O–H groups in total. The van der Waals surface area contributed by atoms with Crippen molar-refractivity contribution >= 4 is 11.8 Å². The Balaban J connectivity index is 2.59. The van der Waals surface area contributed by atoms with Gasteiger partial charge in [-0.05, 0) is 42.3 Å². The number of nitriles is 1. The molecule has 2 heteroatoms. The first kappa shape index (κ1) is 14.9. The van der Waals surface area contributed by atoms with E-state index in [1.165, 1.54) is 18.6 Å². The van der Waals surface area contributed by atoms with Crippen LogP contribution in [0.25, 0.3) is 0 Å². The van der Waals surface area contributed by atoms with Crippen LogP contribution in [0.1, 0.15) is 53.9 Å². The summed E-state index contributed by atoms with van der Waals surface area (Å²) in [6.45, 7) is 11.6. The predicted molar refractivity (Wildman–Crippen MR) is 77.0 cm³/mol.